The van der Waals surface area contributed by atoms with Gasteiger partial charge in [0.1, 0.15) is 0 Å². The molecule has 0 aliphatic heterocycles. The molecule has 1 rings (SSSR count). The third kappa shape index (κ3) is 2.41. The molecule has 13 heavy (non-hydrogen) atoms. The highest BCUT2D eigenvalue weighted by atomic mass is 16.3. The van der Waals surface area contributed by atoms with Gasteiger partial charge < -0.3 is 5.11 Å². The van der Waals surface area contributed by atoms with Gasteiger partial charge >= 0.3 is 0 Å². The topological polar surface area (TPSA) is 37.3 Å². The molecule has 0 heterocycles. The van der Waals surface area contributed by atoms with E-state index < -0.39 is 6.10 Å². The summed E-state index contributed by atoms with van der Waals surface area (Å²) in [7, 11) is 0. The Kier molecular flexibility index (Phi) is 3.67. The van der Waals surface area contributed by atoms with E-state index in [-0.39, 0.29) is 5.78 Å². The molecule has 0 unspecified atom stereocenters. The number of allylic oxidation sites excluding steroid dienone is 1. The number of unbranched alkanes of at least 4 members (excludes halogenated alkanes) is 2. The molecule has 1 aliphatic rings. The molecule has 0 bridgehead atoms. The number of ketones is 1. The summed E-state index contributed by atoms with van der Waals surface area (Å²) in [6, 6.07) is 0. The number of hydrogen-bond donors (Lipinski definition) is 1. The predicted octanol–water partition coefficient (Wildman–Crippen LogP) is 2.22. The van der Waals surface area contributed by atoms with Crippen LogP contribution in [0.15, 0.2) is 11.1 Å². The van der Waals surface area contributed by atoms with Crippen molar-refractivity contribution in [2.75, 3.05) is 0 Å². The first-order valence-electron chi connectivity index (χ1n) is 5.07. The second-order valence-electron chi connectivity index (χ2n) is 3.76. The predicted molar refractivity (Wildman–Crippen MR) is 52.5 cm³/mol. The van der Waals surface area contributed by atoms with Crippen molar-refractivity contribution in [2.45, 2.75) is 52.1 Å². The van der Waals surface area contributed by atoms with Crippen LogP contribution in [-0.4, -0.2) is 17.0 Å². The van der Waals surface area contributed by atoms with Crippen molar-refractivity contribution in [3.05, 3.63) is 11.1 Å². The summed E-state index contributed by atoms with van der Waals surface area (Å²) in [6.45, 7) is 4.02. The first-order valence-corrected chi connectivity index (χ1v) is 5.07. The Morgan fingerprint density at radius 1 is 1.46 bits per heavy atom. The second kappa shape index (κ2) is 4.56. The maximum absolute atomic E-state index is 11.4. The third-order valence-electron chi connectivity index (χ3n) is 2.72. The molecule has 0 radical (unpaired) electrons. The lowest BCUT2D eigenvalue weighted by atomic mass is 10.0. The molecule has 74 valence electrons. The van der Waals surface area contributed by atoms with E-state index in [0.29, 0.717) is 6.42 Å². The lowest BCUT2D eigenvalue weighted by Crippen LogP contribution is -2.03. The fourth-order valence-corrected chi connectivity index (χ4v) is 1.76. The summed E-state index contributed by atoms with van der Waals surface area (Å²) in [6.07, 6.45) is 4.08. The maximum Gasteiger partial charge on any atom is 0.161 e. The van der Waals surface area contributed by atoms with Crippen LogP contribution >= 0.6 is 0 Å². The van der Waals surface area contributed by atoms with Gasteiger partial charge in [-0.1, -0.05) is 19.8 Å². The minimum Gasteiger partial charge on any atom is -0.388 e. The van der Waals surface area contributed by atoms with E-state index >= 15 is 0 Å². The van der Waals surface area contributed by atoms with Crippen LogP contribution < -0.4 is 0 Å². The quantitative estimate of drug-likeness (QED) is 0.677. The minimum atomic E-state index is -0.496. The Morgan fingerprint density at radius 2 is 2.15 bits per heavy atom. The fraction of sp³-hybridized carbons (Fsp3) is 0.727. The first-order chi connectivity index (χ1) is 6.16. The van der Waals surface area contributed by atoms with Crippen molar-refractivity contribution in [3.63, 3.8) is 0 Å². The lowest BCUT2D eigenvalue weighted by molar-refractivity contribution is -0.116. The standard InChI is InChI=1S/C11H18O2/c1-3-4-5-6-9-8(2)10(12)7-11(9)13/h10,12H,3-7H2,1-2H3/t10-/m0/s1. The van der Waals surface area contributed by atoms with E-state index in [1.165, 1.54) is 12.8 Å². The van der Waals surface area contributed by atoms with Gasteiger partial charge in [-0.25, -0.2) is 0 Å². The summed E-state index contributed by atoms with van der Waals surface area (Å²) in [5.74, 6) is 0.154. The lowest BCUT2D eigenvalue weighted by Gasteiger charge is -2.02. The minimum absolute atomic E-state index is 0.154. The zero-order chi connectivity index (χ0) is 9.84. The van der Waals surface area contributed by atoms with Gasteiger partial charge in [0.25, 0.3) is 0 Å². The average Bonchev–Trinajstić information content (AvgIpc) is 2.32. The fourth-order valence-electron chi connectivity index (χ4n) is 1.76. The van der Waals surface area contributed by atoms with Gasteiger partial charge in [0.2, 0.25) is 0 Å². The number of aliphatic hydroxyl groups excluding tert-OH is 1. The van der Waals surface area contributed by atoms with E-state index in [1.807, 2.05) is 6.92 Å². The summed E-state index contributed by atoms with van der Waals surface area (Å²) < 4.78 is 0. The molecule has 0 saturated carbocycles. The molecule has 0 aromatic rings. The van der Waals surface area contributed by atoms with Crippen molar-refractivity contribution < 1.29 is 9.90 Å². The highest BCUT2D eigenvalue weighted by Gasteiger charge is 2.26. The highest BCUT2D eigenvalue weighted by Crippen LogP contribution is 2.26. The normalized spacial score (nSPS) is 23.0. The van der Waals surface area contributed by atoms with Crippen LogP contribution in [0.25, 0.3) is 0 Å². The number of rotatable bonds is 4. The number of carbonyl (C=O) groups excluding carboxylic acids is 1. The molecular formula is C11H18O2. The Bertz CT molecular complexity index is 228. The molecule has 1 N–H and O–H groups in total. The molecule has 2 heteroatoms. The average molecular weight is 182 g/mol. The van der Waals surface area contributed by atoms with Crippen molar-refractivity contribution in [1.82, 2.24) is 0 Å². The molecule has 0 amide bonds. The molecule has 0 spiro atoms. The Morgan fingerprint density at radius 3 is 2.62 bits per heavy atom. The van der Waals surface area contributed by atoms with Crippen LogP contribution in [0.2, 0.25) is 0 Å². The molecule has 0 aromatic carbocycles. The largest absolute Gasteiger partial charge is 0.388 e. The van der Waals surface area contributed by atoms with Crippen molar-refractivity contribution in [3.8, 4) is 0 Å². The zero-order valence-corrected chi connectivity index (χ0v) is 8.47. The van der Waals surface area contributed by atoms with Crippen LogP contribution in [0.3, 0.4) is 0 Å². The van der Waals surface area contributed by atoms with Gasteiger partial charge in [-0.05, 0) is 30.9 Å². The van der Waals surface area contributed by atoms with Crippen LogP contribution in [0.1, 0.15) is 46.0 Å². The Labute approximate surface area is 79.6 Å². The van der Waals surface area contributed by atoms with E-state index in [1.54, 1.807) is 0 Å². The molecule has 2 nitrogen and oxygen atoms in total. The number of carbonyl (C=O) groups is 1. The van der Waals surface area contributed by atoms with Gasteiger partial charge in [-0.2, -0.15) is 0 Å². The molecular weight excluding hydrogens is 164 g/mol. The van der Waals surface area contributed by atoms with E-state index in [0.717, 1.165) is 24.0 Å². The molecule has 0 fully saturated rings. The third-order valence-corrected chi connectivity index (χ3v) is 2.72. The number of hydrogen-bond acceptors (Lipinski definition) is 2. The SMILES string of the molecule is CCCCCC1=C(C)[C@@H](O)CC1=O. The van der Waals surface area contributed by atoms with Gasteiger partial charge in [0.15, 0.2) is 5.78 Å². The summed E-state index contributed by atoms with van der Waals surface area (Å²) in [4.78, 5) is 11.4. The van der Waals surface area contributed by atoms with Crippen molar-refractivity contribution in [2.24, 2.45) is 0 Å². The first kappa shape index (κ1) is 10.5. The Hall–Kier alpha value is -0.630. The second-order valence-corrected chi connectivity index (χ2v) is 3.76. The smallest absolute Gasteiger partial charge is 0.161 e. The monoisotopic (exact) mass is 182 g/mol. The molecule has 0 aromatic heterocycles. The van der Waals surface area contributed by atoms with Crippen LogP contribution in [0, 0.1) is 0 Å². The number of Topliss-reactive ketones (excluding diaryl/α,β-unsaturated/α-hetero) is 1. The number of aliphatic hydroxyl groups is 1. The van der Waals surface area contributed by atoms with Gasteiger partial charge in [-0.3, -0.25) is 4.79 Å². The van der Waals surface area contributed by atoms with Crippen LogP contribution in [0.5, 0.6) is 0 Å². The summed E-state index contributed by atoms with van der Waals surface area (Å²) in [5, 5.41) is 9.42. The molecule has 0 saturated heterocycles. The van der Waals surface area contributed by atoms with Gasteiger partial charge in [0, 0.05) is 6.42 Å². The van der Waals surface area contributed by atoms with Crippen LogP contribution in [-0.2, 0) is 4.79 Å². The van der Waals surface area contributed by atoms with Crippen molar-refractivity contribution >= 4 is 5.78 Å². The molecule has 1 aliphatic carbocycles. The van der Waals surface area contributed by atoms with Gasteiger partial charge in [-0.15, -0.1) is 0 Å². The van der Waals surface area contributed by atoms with E-state index in [9.17, 15) is 9.90 Å². The maximum atomic E-state index is 11.4. The van der Waals surface area contributed by atoms with Crippen molar-refractivity contribution in [1.29, 1.82) is 0 Å². The van der Waals surface area contributed by atoms with E-state index in [4.69, 9.17) is 0 Å². The summed E-state index contributed by atoms with van der Waals surface area (Å²) in [5.41, 5.74) is 1.79. The Balaban J connectivity index is 2.51. The highest BCUT2D eigenvalue weighted by molar-refractivity contribution is 5.99. The van der Waals surface area contributed by atoms with Crippen LogP contribution in [0.4, 0.5) is 0 Å². The molecule has 1 atom stereocenters. The summed E-state index contributed by atoms with van der Waals surface area (Å²) >= 11 is 0. The zero-order valence-electron chi connectivity index (χ0n) is 8.47. The van der Waals surface area contributed by atoms with E-state index in [2.05, 4.69) is 6.92 Å². The van der Waals surface area contributed by atoms with Gasteiger partial charge in [0.05, 0.1) is 6.10 Å².